The lowest BCUT2D eigenvalue weighted by Gasteiger charge is -2.07. The van der Waals surface area contributed by atoms with Crippen LogP contribution < -0.4 is 16.9 Å². The Bertz CT molecular complexity index is 1110. The van der Waals surface area contributed by atoms with Gasteiger partial charge < -0.3 is 15.9 Å². The quantitative estimate of drug-likeness (QED) is 0.414. The first-order chi connectivity index (χ1) is 11.1. The molecule has 4 N–H and O–H groups in total. The fourth-order valence-corrected chi connectivity index (χ4v) is 2.71. The summed E-state index contributed by atoms with van der Waals surface area (Å²) in [5.74, 6) is 0.476. The van der Waals surface area contributed by atoms with Crippen LogP contribution in [0.2, 0.25) is 0 Å². The number of hydrogen-bond donors (Lipinski definition) is 2. The molecule has 1 heterocycles. The van der Waals surface area contributed by atoms with Gasteiger partial charge in [-0.2, -0.15) is 0 Å². The normalized spacial score (nSPS) is 11.1. The largest absolute Gasteiger partial charge is 0.456 e. The van der Waals surface area contributed by atoms with Gasteiger partial charge in [0.1, 0.15) is 11.3 Å². The van der Waals surface area contributed by atoms with Crippen molar-refractivity contribution in [3.8, 4) is 11.3 Å². The van der Waals surface area contributed by atoms with Crippen molar-refractivity contribution in [3.63, 3.8) is 0 Å². The molecule has 4 nitrogen and oxygen atoms in total. The summed E-state index contributed by atoms with van der Waals surface area (Å²) in [7, 11) is 0. The molecule has 0 bridgehead atoms. The minimum Gasteiger partial charge on any atom is -0.456 e. The molecule has 1 aromatic heterocycles. The highest BCUT2D eigenvalue weighted by Crippen LogP contribution is 2.28. The predicted octanol–water partition coefficient (Wildman–Crippen LogP) is 3.78. The van der Waals surface area contributed by atoms with Crippen molar-refractivity contribution in [2.45, 2.75) is 0 Å². The van der Waals surface area contributed by atoms with E-state index < -0.39 is 0 Å². The number of fused-ring (bicyclic) bond motifs is 2. The molecule has 23 heavy (non-hydrogen) atoms. The van der Waals surface area contributed by atoms with E-state index in [1.807, 2.05) is 36.4 Å². The highest BCUT2D eigenvalue weighted by atomic mass is 16.3. The molecule has 0 atom stereocenters. The van der Waals surface area contributed by atoms with E-state index in [1.165, 1.54) is 6.07 Å². The van der Waals surface area contributed by atoms with Crippen LogP contribution in [0.5, 0.6) is 0 Å². The third-order valence-electron chi connectivity index (χ3n) is 3.97. The third-order valence-corrected chi connectivity index (χ3v) is 3.97. The van der Waals surface area contributed by atoms with E-state index in [2.05, 4.69) is 0 Å². The maximum Gasteiger partial charge on any atom is 0.193 e. The van der Waals surface area contributed by atoms with Gasteiger partial charge in [-0.15, -0.1) is 0 Å². The SMILES string of the molecule is Nc1ccc(-c2cc(=O)c3cc4ccccc4cc3o2)cc1N. The first kappa shape index (κ1) is 13.4. The fraction of sp³-hybridized carbons (Fsp3) is 0. The Morgan fingerprint density at radius 2 is 1.52 bits per heavy atom. The summed E-state index contributed by atoms with van der Waals surface area (Å²) in [5.41, 5.74) is 13.7. The molecule has 0 spiro atoms. The van der Waals surface area contributed by atoms with Gasteiger partial charge in [0.15, 0.2) is 5.43 Å². The second-order valence-electron chi connectivity index (χ2n) is 5.51. The Labute approximate surface area is 131 Å². The number of anilines is 2. The molecule has 0 aliphatic rings. The maximum absolute atomic E-state index is 12.5. The molecule has 4 rings (SSSR count). The number of hydrogen-bond acceptors (Lipinski definition) is 4. The molecule has 0 fully saturated rings. The molecule has 0 aliphatic heterocycles. The van der Waals surface area contributed by atoms with Crippen LogP contribution in [0.3, 0.4) is 0 Å². The van der Waals surface area contributed by atoms with Crippen LogP contribution in [-0.4, -0.2) is 0 Å². The Morgan fingerprint density at radius 3 is 2.26 bits per heavy atom. The van der Waals surface area contributed by atoms with Crippen molar-refractivity contribution in [3.05, 3.63) is 70.9 Å². The topological polar surface area (TPSA) is 82.2 Å². The van der Waals surface area contributed by atoms with Gasteiger partial charge >= 0.3 is 0 Å². The van der Waals surface area contributed by atoms with Crippen LogP contribution in [0.15, 0.2) is 69.9 Å². The van der Waals surface area contributed by atoms with Crippen LogP contribution in [0.4, 0.5) is 11.4 Å². The van der Waals surface area contributed by atoms with Crippen LogP contribution >= 0.6 is 0 Å². The van der Waals surface area contributed by atoms with Crippen molar-refractivity contribution < 1.29 is 4.42 Å². The van der Waals surface area contributed by atoms with Gasteiger partial charge in [-0.25, -0.2) is 0 Å². The lowest BCUT2D eigenvalue weighted by Crippen LogP contribution is -2.01. The zero-order chi connectivity index (χ0) is 16.0. The number of rotatable bonds is 1. The average Bonchev–Trinajstić information content (AvgIpc) is 2.56. The minimum atomic E-state index is -0.0811. The van der Waals surface area contributed by atoms with Crippen molar-refractivity contribution in [2.75, 3.05) is 11.5 Å². The van der Waals surface area contributed by atoms with Crippen LogP contribution in [0.25, 0.3) is 33.1 Å². The van der Waals surface area contributed by atoms with Gasteiger partial charge in [0.25, 0.3) is 0 Å². The molecule has 3 aromatic carbocycles. The average molecular weight is 302 g/mol. The summed E-state index contributed by atoms with van der Waals surface area (Å²) in [4.78, 5) is 12.5. The van der Waals surface area contributed by atoms with Gasteiger partial charge in [0.05, 0.1) is 16.8 Å². The zero-order valence-corrected chi connectivity index (χ0v) is 12.2. The standard InChI is InChI=1S/C19H14N2O2/c20-15-6-5-13(8-16(15)21)18-10-17(22)14-7-11-3-1-2-4-12(11)9-19(14)23-18/h1-10H,20-21H2. The molecule has 0 amide bonds. The number of nitrogens with two attached hydrogens (primary N) is 2. The lowest BCUT2D eigenvalue weighted by atomic mass is 10.1. The molecule has 112 valence electrons. The summed E-state index contributed by atoms with van der Waals surface area (Å²) in [6.45, 7) is 0. The van der Waals surface area contributed by atoms with Gasteiger partial charge in [0.2, 0.25) is 0 Å². The van der Waals surface area contributed by atoms with Crippen molar-refractivity contribution >= 4 is 33.1 Å². The van der Waals surface area contributed by atoms with Crippen molar-refractivity contribution in [2.24, 2.45) is 0 Å². The van der Waals surface area contributed by atoms with Crippen LogP contribution in [0.1, 0.15) is 0 Å². The third kappa shape index (κ3) is 2.21. The molecule has 4 aromatic rings. The molecular formula is C19H14N2O2. The van der Waals surface area contributed by atoms with E-state index in [4.69, 9.17) is 15.9 Å². The van der Waals surface area contributed by atoms with Crippen molar-refractivity contribution in [1.29, 1.82) is 0 Å². The molecule has 0 saturated carbocycles. The molecular weight excluding hydrogens is 288 g/mol. The molecule has 0 unspecified atom stereocenters. The van der Waals surface area contributed by atoms with Gasteiger partial charge in [0, 0.05) is 11.6 Å². The molecule has 0 saturated heterocycles. The van der Waals surface area contributed by atoms with Crippen LogP contribution in [-0.2, 0) is 0 Å². The number of benzene rings is 3. The smallest absolute Gasteiger partial charge is 0.193 e. The zero-order valence-electron chi connectivity index (χ0n) is 12.2. The summed E-state index contributed by atoms with van der Waals surface area (Å²) in [5, 5.41) is 2.60. The van der Waals surface area contributed by atoms with E-state index in [1.54, 1.807) is 18.2 Å². The second kappa shape index (κ2) is 4.88. The summed E-state index contributed by atoms with van der Waals surface area (Å²) < 4.78 is 5.94. The highest BCUT2D eigenvalue weighted by Gasteiger charge is 2.09. The van der Waals surface area contributed by atoms with Gasteiger partial charge in [-0.3, -0.25) is 4.79 Å². The fourth-order valence-electron chi connectivity index (χ4n) is 2.71. The maximum atomic E-state index is 12.5. The minimum absolute atomic E-state index is 0.0811. The second-order valence-corrected chi connectivity index (χ2v) is 5.51. The van der Waals surface area contributed by atoms with Crippen LogP contribution in [0, 0.1) is 0 Å². The summed E-state index contributed by atoms with van der Waals surface area (Å²) in [6.07, 6.45) is 0. The highest BCUT2D eigenvalue weighted by molar-refractivity contribution is 5.96. The first-order valence-electron chi connectivity index (χ1n) is 7.24. The number of nitrogen functional groups attached to an aromatic ring is 2. The van der Waals surface area contributed by atoms with E-state index in [0.29, 0.717) is 28.1 Å². The van der Waals surface area contributed by atoms with Gasteiger partial charge in [-0.05, 0) is 41.1 Å². The Kier molecular flexibility index (Phi) is 2.84. The molecule has 4 heteroatoms. The Balaban J connectivity index is 2.00. The van der Waals surface area contributed by atoms with E-state index in [9.17, 15) is 4.79 Å². The Hall–Kier alpha value is -3.27. The monoisotopic (exact) mass is 302 g/mol. The van der Waals surface area contributed by atoms with Crippen molar-refractivity contribution in [1.82, 2.24) is 0 Å². The van der Waals surface area contributed by atoms with E-state index >= 15 is 0 Å². The summed E-state index contributed by atoms with van der Waals surface area (Å²) in [6, 6.07) is 18.3. The molecule has 0 aliphatic carbocycles. The molecule has 0 radical (unpaired) electrons. The lowest BCUT2D eigenvalue weighted by molar-refractivity contribution is 0.619. The van der Waals surface area contributed by atoms with E-state index in [-0.39, 0.29) is 5.43 Å². The summed E-state index contributed by atoms with van der Waals surface area (Å²) >= 11 is 0. The predicted molar refractivity (Wildman–Crippen MR) is 94.3 cm³/mol. The Morgan fingerprint density at radius 1 is 0.783 bits per heavy atom. The van der Waals surface area contributed by atoms with E-state index in [0.717, 1.165) is 16.3 Å². The van der Waals surface area contributed by atoms with Gasteiger partial charge in [-0.1, -0.05) is 24.3 Å². The first-order valence-corrected chi connectivity index (χ1v) is 7.24.